The summed E-state index contributed by atoms with van der Waals surface area (Å²) in [6.07, 6.45) is 4.40. The Morgan fingerprint density at radius 1 is 1.23 bits per heavy atom. The fourth-order valence-corrected chi connectivity index (χ4v) is 4.45. The SMILES string of the molecule is COC[C@H]1C[C@@H]1C(=O)NC1CCC(O[Si](C)(C)C(C)(C)C)C1. The first kappa shape index (κ1) is 18.0. The Morgan fingerprint density at radius 2 is 1.91 bits per heavy atom. The van der Waals surface area contributed by atoms with Crippen LogP contribution in [-0.2, 0) is 14.0 Å². The second-order valence-electron chi connectivity index (χ2n) is 8.58. The summed E-state index contributed by atoms with van der Waals surface area (Å²) in [7, 11) is 0.00154. The highest BCUT2D eigenvalue weighted by Crippen LogP contribution is 2.41. The minimum absolute atomic E-state index is 0.181. The molecule has 2 aliphatic rings. The molecule has 0 saturated heterocycles. The normalized spacial score (nSPS) is 32.1. The monoisotopic (exact) mass is 327 g/mol. The zero-order chi connectivity index (χ0) is 16.5. The number of hydrogen-bond donors (Lipinski definition) is 1. The number of nitrogens with one attached hydrogen (secondary N) is 1. The van der Waals surface area contributed by atoms with Crippen LogP contribution in [0.5, 0.6) is 0 Å². The predicted molar refractivity (Wildman–Crippen MR) is 91.3 cm³/mol. The van der Waals surface area contributed by atoms with Gasteiger partial charge in [-0.05, 0) is 49.7 Å². The van der Waals surface area contributed by atoms with Gasteiger partial charge in [-0.25, -0.2) is 0 Å². The van der Waals surface area contributed by atoms with Gasteiger partial charge in [0.05, 0.1) is 0 Å². The molecule has 2 fully saturated rings. The number of rotatable bonds is 6. The van der Waals surface area contributed by atoms with Gasteiger partial charge in [0.15, 0.2) is 8.32 Å². The number of hydrogen-bond acceptors (Lipinski definition) is 3. The maximum Gasteiger partial charge on any atom is 0.223 e. The van der Waals surface area contributed by atoms with Crippen molar-refractivity contribution in [3.8, 4) is 0 Å². The molecule has 2 rings (SSSR count). The van der Waals surface area contributed by atoms with E-state index in [1.165, 1.54) is 0 Å². The van der Waals surface area contributed by atoms with Crippen LogP contribution in [0.1, 0.15) is 46.5 Å². The number of methoxy groups -OCH3 is 1. The molecule has 0 aromatic carbocycles. The summed E-state index contributed by atoms with van der Waals surface area (Å²) < 4.78 is 11.6. The molecular weight excluding hydrogens is 294 g/mol. The Bertz CT molecular complexity index is 405. The molecule has 1 amide bonds. The van der Waals surface area contributed by atoms with Crippen LogP contribution < -0.4 is 5.32 Å². The molecule has 4 nitrogen and oxygen atoms in total. The van der Waals surface area contributed by atoms with Gasteiger partial charge in [0, 0.05) is 31.8 Å². The summed E-state index contributed by atoms with van der Waals surface area (Å²) in [5, 5.41) is 3.47. The zero-order valence-corrected chi connectivity index (χ0v) is 16.1. The minimum Gasteiger partial charge on any atom is -0.414 e. The molecule has 1 N–H and O–H groups in total. The largest absolute Gasteiger partial charge is 0.414 e. The lowest BCUT2D eigenvalue weighted by Crippen LogP contribution is -2.44. The van der Waals surface area contributed by atoms with Crippen LogP contribution in [-0.4, -0.2) is 40.1 Å². The molecule has 0 spiro atoms. The molecule has 128 valence electrons. The summed E-state index contributed by atoms with van der Waals surface area (Å²) in [6.45, 7) is 12.1. The third-order valence-electron chi connectivity index (χ3n) is 5.64. The Morgan fingerprint density at radius 3 is 2.50 bits per heavy atom. The van der Waals surface area contributed by atoms with E-state index in [1.807, 2.05) is 0 Å². The van der Waals surface area contributed by atoms with Crippen molar-refractivity contribution in [2.75, 3.05) is 13.7 Å². The van der Waals surface area contributed by atoms with Crippen molar-refractivity contribution in [1.29, 1.82) is 0 Å². The summed E-state index contributed by atoms with van der Waals surface area (Å²) in [5.41, 5.74) is 0. The number of carbonyl (C=O) groups is 1. The summed E-state index contributed by atoms with van der Waals surface area (Å²) in [4.78, 5) is 12.2. The van der Waals surface area contributed by atoms with Gasteiger partial charge >= 0.3 is 0 Å². The van der Waals surface area contributed by atoms with Crippen LogP contribution in [0.4, 0.5) is 0 Å². The molecule has 0 bridgehead atoms. The molecular formula is C17H33NO3Si. The average Bonchev–Trinajstić information content (AvgIpc) is 3.02. The first-order valence-corrected chi connectivity index (χ1v) is 11.5. The predicted octanol–water partition coefficient (Wildman–Crippen LogP) is 3.33. The van der Waals surface area contributed by atoms with Crippen molar-refractivity contribution in [1.82, 2.24) is 5.32 Å². The van der Waals surface area contributed by atoms with Crippen molar-refractivity contribution in [2.24, 2.45) is 11.8 Å². The van der Waals surface area contributed by atoms with Gasteiger partial charge in [-0.2, -0.15) is 0 Å². The summed E-state index contributed by atoms with van der Waals surface area (Å²) in [6, 6.07) is 0.297. The molecule has 2 saturated carbocycles. The second-order valence-corrected chi connectivity index (χ2v) is 13.3. The topological polar surface area (TPSA) is 47.6 Å². The van der Waals surface area contributed by atoms with Crippen molar-refractivity contribution in [2.45, 2.75) is 76.7 Å². The van der Waals surface area contributed by atoms with Gasteiger partial charge in [0.1, 0.15) is 0 Å². The third kappa shape index (κ3) is 4.33. The summed E-state index contributed by atoms with van der Waals surface area (Å²) in [5.74, 6) is 0.839. The Balaban J connectivity index is 1.75. The van der Waals surface area contributed by atoms with Crippen molar-refractivity contribution in [3.63, 3.8) is 0 Å². The Kier molecular flexibility index (Phi) is 5.40. The fourth-order valence-electron chi connectivity index (χ4n) is 3.05. The minimum atomic E-state index is -1.70. The van der Waals surface area contributed by atoms with E-state index in [1.54, 1.807) is 7.11 Å². The van der Waals surface area contributed by atoms with Crippen molar-refractivity contribution in [3.05, 3.63) is 0 Å². The third-order valence-corrected chi connectivity index (χ3v) is 10.2. The molecule has 2 unspecified atom stereocenters. The van der Waals surface area contributed by atoms with Gasteiger partial charge in [-0.3, -0.25) is 4.79 Å². The molecule has 5 heteroatoms. The van der Waals surface area contributed by atoms with E-state index >= 15 is 0 Å². The van der Waals surface area contributed by atoms with E-state index in [0.717, 1.165) is 25.7 Å². The first-order valence-electron chi connectivity index (χ1n) is 8.61. The summed E-state index contributed by atoms with van der Waals surface area (Å²) >= 11 is 0. The smallest absolute Gasteiger partial charge is 0.223 e. The van der Waals surface area contributed by atoms with Gasteiger partial charge in [-0.1, -0.05) is 20.8 Å². The molecule has 2 aliphatic carbocycles. The van der Waals surface area contributed by atoms with Crippen molar-refractivity contribution >= 4 is 14.2 Å². The van der Waals surface area contributed by atoms with Crippen LogP contribution in [0.15, 0.2) is 0 Å². The maximum absolute atomic E-state index is 12.2. The molecule has 22 heavy (non-hydrogen) atoms. The average molecular weight is 328 g/mol. The molecule has 4 atom stereocenters. The zero-order valence-electron chi connectivity index (χ0n) is 15.1. The second kappa shape index (κ2) is 6.61. The Hall–Kier alpha value is -0.393. The van der Waals surface area contributed by atoms with Crippen LogP contribution in [0.25, 0.3) is 0 Å². The van der Waals surface area contributed by atoms with E-state index in [9.17, 15) is 4.79 Å². The standard InChI is InChI=1S/C17H33NO3Si/c1-17(2,3)22(5,6)21-14-8-7-13(10-14)18-16(19)15-9-12(15)11-20-4/h12-15H,7-11H2,1-6H3,(H,18,19)/t12-,13?,14?,15+/m1/s1. The van der Waals surface area contributed by atoms with Crippen LogP contribution >= 0.6 is 0 Å². The highest BCUT2D eigenvalue weighted by Gasteiger charge is 2.44. The highest BCUT2D eigenvalue weighted by molar-refractivity contribution is 6.74. The number of carbonyl (C=O) groups excluding carboxylic acids is 1. The lowest BCUT2D eigenvalue weighted by atomic mass is 10.2. The van der Waals surface area contributed by atoms with E-state index in [0.29, 0.717) is 24.7 Å². The van der Waals surface area contributed by atoms with Gasteiger partial charge in [-0.15, -0.1) is 0 Å². The van der Waals surface area contributed by atoms with Crippen LogP contribution in [0.3, 0.4) is 0 Å². The van der Waals surface area contributed by atoms with Gasteiger partial charge in [0.2, 0.25) is 5.91 Å². The fraction of sp³-hybridized carbons (Fsp3) is 0.941. The van der Waals surface area contributed by atoms with Crippen LogP contribution in [0.2, 0.25) is 18.1 Å². The number of amides is 1. The molecule has 0 aliphatic heterocycles. The van der Waals surface area contributed by atoms with Crippen molar-refractivity contribution < 1.29 is 14.0 Å². The van der Waals surface area contributed by atoms with Gasteiger partial charge in [0.25, 0.3) is 0 Å². The maximum atomic E-state index is 12.2. The molecule has 0 aromatic heterocycles. The van der Waals surface area contributed by atoms with E-state index in [4.69, 9.17) is 9.16 Å². The van der Waals surface area contributed by atoms with Crippen LogP contribution in [0, 0.1) is 11.8 Å². The highest BCUT2D eigenvalue weighted by atomic mass is 28.4. The van der Waals surface area contributed by atoms with Gasteiger partial charge < -0.3 is 14.5 Å². The first-order chi connectivity index (χ1) is 10.1. The van der Waals surface area contributed by atoms with E-state index in [2.05, 4.69) is 39.2 Å². The molecule has 0 radical (unpaired) electrons. The lowest BCUT2D eigenvalue weighted by molar-refractivity contribution is -0.123. The Labute approximate surface area is 136 Å². The lowest BCUT2D eigenvalue weighted by Gasteiger charge is -2.38. The van der Waals surface area contributed by atoms with E-state index in [-0.39, 0.29) is 16.9 Å². The molecule has 0 aromatic rings. The quantitative estimate of drug-likeness (QED) is 0.761. The number of ether oxygens (including phenoxy) is 1. The molecule has 0 heterocycles. The van der Waals surface area contributed by atoms with E-state index < -0.39 is 8.32 Å².